The molecule has 1 atom stereocenters. The van der Waals surface area contributed by atoms with Crippen LogP contribution in [0.2, 0.25) is 0 Å². The number of thiophene rings is 1. The van der Waals surface area contributed by atoms with Crippen LogP contribution in [0, 0.1) is 5.92 Å². The Bertz CT molecular complexity index is 562. The molecule has 1 aromatic heterocycles. The van der Waals surface area contributed by atoms with Crippen LogP contribution in [-0.4, -0.2) is 41.0 Å². The lowest BCUT2D eigenvalue weighted by molar-refractivity contribution is 0.0955. The first-order valence-corrected chi connectivity index (χ1v) is 8.90. The number of carbonyl (C=O) groups is 1. The second kappa shape index (κ2) is 6.66. The van der Waals surface area contributed by atoms with Gasteiger partial charge in [-0.2, -0.15) is 0 Å². The van der Waals surface area contributed by atoms with Crippen molar-refractivity contribution in [1.29, 1.82) is 0 Å². The third kappa shape index (κ3) is 3.78. The van der Waals surface area contributed by atoms with E-state index in [-0.39, 0.29) is 10.8 Å². The van der Waals surface area contributed by atoms with Crippen LogP contribution in [0.4, 0.5) is 0 Å². The summed E-state index contributed by atoms with van der Waals surface area (Å²) in [6.07, 6.45) is 2.10. The maximum Gasteiger partial charge on any atom is 0.261 e. The van der Waals surface area contributed by atoms with Gasteiger partial charge in [-0.3, -0.25) is 4.79 Å². The Morgan fingerprint density at radius 2 is 2.35 bits per heavy atom. The van der Waals surface area contributed by atoms with E-state index in [1.807, 2.05) is 0 Å². The standard InChI is InChI=1S/C12H19N3O3S2/c1-13-20(17,18)10-6-11(19-8-10)12(16)15-5-3-9-2-4-14-7-9/h6,8-9,13-14H,2-5,7H2,1H3,(H,15,16). The first-order chi connectivity index (χ1) is 9.53. The molecule has 0 aliphatic carbocycles. The molecule has 0 aromatic carbocycles. The van der Waals surface area contributed by atoms with Gasteiger partial charge >= 0.3 is 0 Å². The van der Waals surface area contributed by atoms with Crippen molar-refractivity contribution in [1.82, 2.24) is 15.4 Å². The van der Waals surface area contributed by atoms with Crippen LogP contribution in [0.15, 0.2) is 16.3 Å². The fourth-order valence-electron chi connectivity index (χ4n) is 2.13. The summed E-state index contributed by atoms with van der Waals surface area (Å²) in [5.41, 5.74) is 0. The van der Waals surface area contributed by atoms with E-state index in [1.165, 1.54) is 18.5 Å². The van der Waals surface area contributed by atoms with Gasteiger partial charge in [-0.15, -0.1) is 11.3 Å². The maximum atomic E-state index is 11.9. The van der Waals surface area contributed by atoms with E-state index in [1.54, 1.807) is 0 Å². The lowest BCUT2D eigenvalue weighted by Crippen LogP contribution is -2.25. The van der Waals surface area contributed by atoms with Crippen LogP contribution in [-0.2, 0) is 10.0 Å². The number of carbonyl (C=O) groups excluding carboxylic acids is 1. The predicted octanol–water partition coefficient (Wildman–Crippen LogP) is 0.386. The molecule has 2 rings (SSSR count). The summed E-state index contributed by atoms with van der Waals surface area (Å²) in [6.45, 7) is 2.69. The van der Waals surface area contributed by atoms with Crippen molar-refractivity contribution >= 4 is 27.3 Å². The summed E-state index contributed by atoms with van der Waals surface area (Å²) < 4.78 is 25.4. The molecule has 0 saturated carbocycles. The maximum absolute atomic E-state index is 11.9. The van der Waals surface area contributed by atoms with E-state index in [0.29, 0.717) is 17.3 Å². The Labute approximate surface area is 123 Å². The van der Waals surface area contributed by atoms with Crippen LogP contribution in [0.1, 0.15) is 22.5 Å². The molecule has 0 spiro atoms. The first kappa shape index (κ1) is 15.4. The molecule has 1 unspecified atom stereocenters. The van der Waals surface area contributed by atoms with Crippen LogP contribution >= 0.6 is 11.3 Å². The molecule has 1 aliphatic rings. The van der Waals surface area contributed by atoms with Crippen molar-refractivity contribution in [3.05, 3.63) is 16.3 Å². The van der Waals surface area contributed by atoms with Gasteiger partial charge in [0.15, 0.2) is 0 Å². The molecule has 6 nitrogen and oxygen atoms in total. The van der Waals surface area contributed by atoms with Crippen LogP contribution in [0.25, 0.3) is 0 Å². The summed E-state index contributed by atoms with van der Waals surface area (Å²) in [7, 11) is -2.12. The second-order valence-corrected chi connectivity index (χ2v) is 7.56. The van der Waals surface area contributed by atoms with E-state index < -0.39 is 10.0 Å². The molecule has 8 heteroatoms. The quantitative estimate of drug-likeness (QED) is 0.708. The van der Waals surface area contributed by atoms with Gasteiger partial charge < -0.3 is 10.6 Å². The molecule has 1 saturated heterocycles. The molecule has 3 N–H and O–H groups in total. The minimum atomic E-state index is -3.47. The summed E-state index contributed by atoms with van der Waals surface area (Å²) in [6, 6.07) is 1.41. The third-order valence-corrected chi connectivity index (χ3v) is 5.85. The third-order valence-electron chi connectivity index (χ3n) is 3.38. The fourth-order valence-corrected chi connectivity index (χ4v) is 4.05. The molecule has 2 heterocycles. The summed E-state index contributed by atoms with van der Waals surface area (Å²) in [5, 5.41) is 7.60. The smallest absolute Gasteiger partial charge is 0.261 e. The highest BCUT2D eigenvalue weighted by atomic mass is 32.2. The summed E-state index contributed by atoms with van der Waals surface area (Å²) in [4.78, 5) is 12.5. The van der Waals surface area contributed by atoms with Crippen LogP contribution in [0.3, 0.4) is 0 Å². The Morgan fingerprint density at radius 3 is 3.00 bits per heavy atom. The molecule has 112 valence electrons. The molecular formula is C12H19N3O3S2. The zero-order valence-electron chi connectivity index (χ0n) is 11.3. The number of hydrogen-bond donors (Lipinski definition) is 3. The fraction of sp³-hybridized carbons (Fsp3) is 0.583. The minimum Gasteiger partial charge on any atom is -0.351 e. The van der Waals surface area contributed by atoms with Crippen molar-refractivity contribution in [2.75, 3.05) is 26.7 Å². The Balaban J connectivity index is 1.86. The number of nitrogens with one attached hydrogen (secondary N) is 3. The highest BCUT2D eigenvalue weighted by molar-refractivity contribution is 7.89. The Morgan fingerprint density at radius 1 is 1.55 bits per heavy atom. The van der Waals surface area contributed by atoms with Gasteiger partial charge in [0.1, 0.15) is 0 Å². The second-order valence-electron chi connectivity index (χ2n) is 4.76. The monoisotopic (exact) mass is 317 g/mol. The number of rotatable bonds is 6. The van der Waals surface area contributed by atoms with E-state index >= 15 is 0 Å². The van der Waals surface area contributed by atoms with Gasteiger partial charge in [0.05, 0.1) is 9.77 Å². The highest BCUT2D eigenvalue weighted by Crippen LogP contribution is 2.19. The zero-order chi connectivity index (χ0) is 14.6. The molecule has 1 amide bonds. The summed E-state index contributed by atoms with van der Waals surface area (Å²) in [5.74, 6) is 0.414. The van der Waals surface area contributed by atoms with Gasteiger partial charge in [-0.25, -0.2) is 13.1 Å². The topological polar surface area (TPSA) is 87.3 Å². The summed E-state index contributed by atoms with van der Waals surface area (Å²) >= 11 is 1.14. The lowest BCUT2D eigenvalue weighted by atomic mass is 10.1. The van der Waals surface area contributed by atoms with E-state index in [9.17, 15) is 13.2 Å². The Hall–Kier alpha value is -0.960. The number of sulfonamides is 1. The van der Waals surface area contributed by atoms with Crippen molar-refractivity contribution in [3.63, 3.8) is 0 Å². The SMILES string of the molecule is CNS(=O)(=O)c1csc(C(=O)NCCC2CCNC2)c1. The van der Waals surface area contributed by atoms with Gasteiger partial charge in [-0.1, -0.05) is 0 Å². The van der Waals surface area contributed by atoms with Gasteiger partial charge in [-0.05, 0) is 45.0 Å². The highest BCUT2D eigenvalue weighted by Gasteiger charge is 2.18. The molecule has 1 fully saturated rings. The minimum absolute atomic E-state index is 0.134. The number of amides is 1. The molecule has 0 bridgehead atoms. The van der Waals surface area contributed by atoms with Crippen molar-refractivity contribution in [2.24, 2.45) is 5.92 Å². The van der Waals surface area contributed by atoms with Crippen LogP contribution < -0.4 is 15.4 Å². The predicted molar refractivity (Wildman–Crippen MR) is 78.5 cm³/mol. The van der Waals surface area contributed by atoms with Crippen molar-refractivity contribution in [3.8, 4) is 0 Å². The number of hydrogen-bond acceptors (Lipinski definition) is 5. The van der Waals surface area contributed by atoms with Crippen molar-refractivity contribution in [2.45, 2.75) is 17.7 Å². The van der Waals surface area contributed by atoms with Gasteiger partial charge in [0.25, 0.3) is 5.91 Å². The average molecular weight is 317 g/mol. The lowest BCUT2D eigenvalue weighted by Gasteiger charge is -2.08. The van der Waals surface area contributed by atoms with E-state index in [4.69, 9.17) is 0 Å². The van der Waals surface area contributed by atoms with E-state index in [2.05, 4.69) is 15.4 Å². The zero-order valence-corrected chi connectivity index (χ0v) is 12.9. The first-order valence-electron chi connectivity index (χ1n) is 6.54. The molecule has 0 radical (unpaired) electrons. The van der Waals surface area contributed by atoms with Crippen LogP contribution in [0.5, 0.6) is 0 Å². The van der Waals surface area contributed by atoms with E-state index in [0.717, 1.165) is 37.3 Å². The molecule has 20 heavy (non-hydrogen) atoms. The van der Waals surface area contributed by atoms with Gasteiger partial charge in [0.2, 0.25) is 10.0 Å². The molecule has 1 aromatic rings. The van der Waals surface area contributed by atoms with Crippen molar-refractivity contribution < 1.29 is 13.2 Å². The van der Waals surface area contributed by atoms with Gasteiger partial charge in [0, 0.05) is 11.9 Å². The largest absolute Gasteiger partial charge is 0.351 e. The normalized spacial score (nSPS) is 19.1. The molecule has 1 aliphatic heterocycles. The average Bonchev–Trinajstić information content (AvgIpc) is 3.10. The Kier molecular flexibility index (Phi) is 5.14. The molecular weight excluding hydrogens is 298 g/mol.